The summed E-state index contributed by atoms with van der Waals surface area (Å²) in [4.78, 5) is 11.5. The highest BCUT2D eigenvalue weighted by molar-refractivity contribution is 5.94. The summed E-state index contributed by atoms with van der Waals surface area (Å²) in [5, 5.41) is 2.27. The average molecular weight is 246 g/mol. The van der Waals surface area contributed by atoms with Gasteiger partial charge in [-0.2, -0.15) is 13.2 Å². The third-order valence-corrected chi connectivity index (χ3v) is 2.09. The van der Waals surface area contributed by atoms with Crippen molar-refractivity contribution in [2.45, 2.75) is 25.6 Å². The number of anilines is 1. The van der Waals surface area contributed by atoms with Gasteiger partial charge in [-0.3, -0.25) is 4.79 Å². The molecule has 0 aromatic heterocycles. The molecule has 1 rings (SSSR count). The monoisotopic (exact) mass is 246 g/mol. The van der Waals surface area contributed by atoms with Crippen molar-refractivity contribution < 1.29 is 18.0 Å². The average Bonchev–Trinajstić information content (AvgIpc) is 2.15. The van der Waals surface area contributed by atoms with Crippen LogP contribution in [0, 0.1) is 0 Å². The Morgan fingerprint density at radius 1 is 1.35 bits per heavy atom. The van der Waals surface area contributed by atoms with Crippen LogP contribution < -0.4 is 11.1 Å². The molecule has 1 aromatic rings. The number of nitrogens with two attached hydrogens (primary N) is 1. The SMILES string of the molecule is CC(CC(F)(F)F)NC(=O)c1ccc(N)cc1. The number of hydrogen-bond acceptors (Lipinski definition) is 2. The van der Waals surface area contributed by atoms with Gasteiger partial charge in [0.15, 0.2) is 0 Å². The van der Waals surface area contributed by atoms with Crippen LogP contribution in [0.4, 0.5) is 18.9 Å². The van der Waals surface area contributed by atoms with Crippen molar-refractivity contribution in [2.75, 3.05) is 5.73 Å². The second kappa shape index (κ2) is 5.07. The number of carbonyl (C=O) groups is 1. The molecule has 0 heterocycles. The van der Waals surface area contributed by atoms with Crippen LogP contribution >= 0.6 is 0 Å². The molecule has 3 nitrogen and oxygen atoms in total. The lowest BCUT2D eigenvalue weighted by Gasteiger charge is -2.15. The van der Waals surface area contributed by atoms with Crippen LogP contribution in [-0.4, -0.2) is 18.1 Å². The van der Waals surface area contributed by atoms with Crippen molar-refractivity contribution in [3.63, 3.8) is 0 Å². The van der Waals surface area contributed by atoms with Crippen LogP contribution in [0.25, 0.3) is 0 Å². The first kappa shape index (κ1) is 13.3. The number of nitrogens with one attached hydrogen (secondary N) is 1. The van der Waals surface area contributed by atoms with Gasteiger partial charge < -0.3 is 11.1 Å². The van der Waals surface area contributed by atoms with Crippen molar-refractivity contribution in [1.29, 1.82) is 0 Å². The highest BCUT2D eigenvalue weighted by atomic mass is 19.4. The van der Waals surface area contributed by atoms with Gasteiger partial charge >= 0.3 is 6.18 Å². The molecule has 0 fully saturated rings. The van der Waals surface area contributed by atoms with Crippen molar-refractivity contribution in [2.24, 2.45) is 0 Å². The maximum Gasteiger partial charge on any atom is 0.391 e. The van der Waals surface area contributed by atoms with Gasteiger partial charge in [0.05, 0.1) is 6.42 Å². The molecule has 17 heavy (non-hydrogen) atoms. The second-order valence-electron chi connectivity index (χ2n) is 3.82. The molecule has 1 unspecified atom stereocenters. The minimum absolute atomic E-state index is 0.285. The molecule has 0 aliphatic rings. The molecule has 0 saturated carbocycles. The van der Waals surface area contributed by atoms with E-state index in [4.69, 9.17) is 5.73 Å². The highest BCUT2D eigenvalue weighted by Gasteiger charge is 2.30. The first-order chi connectivity index (χ1) is 7.78. The highest BCUT2D eigenvalue weighted by Crippen LogP contribution is 2.21. The zero-order valence-electron chi connectivity index (χ0n) is 9.21. The van der Waals surface area contributed by atoms with Crippen LogP contribution in [0.5, 0.6) is 0 Å². The lowest BCUT2D eigenvalue weighted by atomic mass is 10.1. The summed E-state index contributed by atoms with van der Waals surface area (Å²) in [6.07, 6.45) is -5.33. The zero-order chi connectivity index (χ0) is 13.1. The van der Waals surface area contributed by atoms with Crippen molar-refractivity contribution in [1.82, 2.24) is 5.32 Å². The first-order valence-electron chi connectivity index (χ1n) is 5.01. The van der Waals surface area contributed by atoms with Gasteiger partial charge in [0, 0.05) is 17.3 Å². The van der Waals surface area contributed by atoms with Crippen LogP contribution in [0.1, 0.15) is 23.7 Å². The number of carbonyl (C=O) groups excluding carboxylic acids is 1. The Labute approximate surface area is 96.8 Å². The molecule has 6 heteroatoms. The summed E-state index contributed by atoms with van der Waals surface area (Å²) < 4.78 is 36.1. The Balaban J connectivity index is 2.57. The smallest absolute Gasteiger partial charge is 0.391 e. The second-order valence-corrected chi connectivity index (χ2v) is 3.82. The summed E-state index contributed by atoms with van der Waals surface area (Å²) in [6.45, 7) is 1.31. The number of alkyl halides is 3. The van der Waals surface area contributed by atoms with Crippen LogP contribution in [-0.2, 0) is 0 Å². The third kappa shape index (κ3) is 4.76. The molecular weight excluding hydrogens is 233 g/mol. The van der Waals surface area contributed by atoms with Gasteiger partial charge in [-0.1, -0.05) is 0 Å². The number of rotatable bonds is 3. The lowest BCUT2D eigenvalue weighted by Crippen LogP contribution is -2.35. The van der Waals surface area contributed by atoms with Crippen molar-refractivity contribution in [3.8, 4) is 0 Å². The van der Waals surface area contributed by atoms with Crippen LogP contribution in [0.15, 0.2) is 24.3 Å². The summed E-state index contributed by atoms with van der Waals surface area (Å²) in [5.41, 5.74) is 6.21. The fraction of sp³-hybridized carbons (Fsp3) is 0.364. The molecule has 1 amide bonds. The van der Waals surface area contributed by atoms with Gasteiger partial charge in [0.2, 0.25) is 0 Å². The summed E-state index contributed by atoms with van der Waals surface area (Å²) in [5.74, 6) is -0.540. The fourth-order valence-corrected chi connectivity index (χ4v) is 1.34. The van der Waals surface area contributed by atoms with E-state index < -0.39 is 24.5 Å². The van der Waals surface area contributed by atoms with E-state index >= 15 is 0 Å². The number of nitrogen functional groups attached to an aromatic ring is 1. The Morgan fingerprint density at radius 3 is 2.35 bits per heavy atom. The van der Waals surface area contributed by atoms with Crippen LogP contribution in [0.3, 0.4) is 0 Å². The maximum absolute atomic E-state index is 12.0. The molecule has 3 N–H and O–H groups in total. The van der Waals surface area contributed by atoms with E-state index in [-0.39, 0.29) is 5.56 Å². The lowest BCUT2D eigenvalue weighted by molar-refractivity contribution is -0.138. The van der Waals surface area contributed by atoms with E-state index in [0.29, 0.717) is 5.69 Å². The normalized spacial score (nSPS) is 13.2. The van der Waals surface area contributed by atoms with E-state index in [2.05, 4.69) is 5.32 Å². The third-order valence-electron chi connectivity index (χ3n) is 2.09. The van der Waals surface area contributed by atoms with Crippen molar-refractivity contribution >= 4 is 11.6 Å². The molecule has 0 aliphatic carbocycles. The van der Waals surface area contributed by atoms with E-state index in [1.807, 2.05) is 0 Å². The topological polar surface area (TPSA) is 55.1 Å². The first-order valence-corrected chi connectivity index (χ1v) is 5.01. The molecule has 0 aliphatic heterocycles. The quantitative estimate of drug-likeness (QED) is 0.804. The summed E-state index contributed by atoms with van der Waals surface area (Å²) >= 11 is 0. The molecule has 0 radical (unpaired) electrons. The molecule has 1 aromatic carbocycles. The largest absolute Gasteiger partial charge is 0.399 e. The molecule has 1 atom stereocenters. The predicted molar refractivity (Wildman–Crippen MR) is 58.5 cm³/mol. The molecule has 0 spiro atoms. The van der Waals surface area contributed by atoms with Crippen molar-refractivity contribution in [3.05, 3.63) is 29.8 Å². The Kier molecular flexibility index (Phi) is 3.98. The van der Waals surface area contributed by atoms with E-state index in [0.717, 1.165) is 0 Å². The Hall–Kier alpha value is -1.72. The van der Waals surface area contributed by atoms with E-state index in [1.54, 1.807) is 0 Å². The summed E-state index contributed by atoms with van der Waals surface area (Å²) in [7, 11) is 0. The zero-order valence-corrected chi connectivity index (χ0v) is 9.21. The molecular formula is C11H13F3N2O. The molecule has 0 bridgehead atoms. The standard InChI is InChI=1S/C11H13F3N2O/c1-7(6-11(12,13)14)16-10(17)8-2-4-9(15)5-3-8/h2-5,7H,6,15H2,1H3,(H,16,17). The van der Waals surface area contributed by atoms with Gasteiger partial charge in [0.1, 0.15) is 0 Å². The molecule has 0 saturated heterocycles. The van der Waals surface area contributed by atoms with E-state index in [1.165, 1.54) is 31.2 Å². The minimum atomic E-state index is -4.28. The van der Waals surface area contributed by atoms with Crippen LogP contribution in [0.2, 0.25) is 0 Å². The van der Waals surface area contributed by atoms with Gasteiger partial charge in [-0.25, -0.2) is 0 Å². The number of benzene rings is 1. The Bertz CT molecular complexity index is 387. The minimum Gasteiger partial charge on any atom is -0.399 e. The molecule has 94 valence electrons. The van der Waals surface area contributed by atoms with Gasteiger partial charge in [-0.05, 0) is 31.2 Å². The number of amides is 1. The van der Waals surface area contributed by atoms with E-state index in [9.17, 15) is 18.0 Å². The number of halogens is 3. The van der Waals surface area contributed by atoms with Gasteiger partial charge in [0.25, 0.3) is 5.91 Å². The fourth-order valence-electron chi connectivity index (χ4n) is 1.34. The Morgan fingerprint density at radius 2 is 1.88 bits per heavy atom. The van der Waals surface area contributed by atoms with Gasteiger partial charge in [-0.15, -0.1) is 0 Å². The summed E-state index contributed by atoms with van der Waals surface area (Å²) in [6, 6.07) is 5.00. The predicted octanol–water partition coefficient (Wildman–Crippen LogP) is 2.34. The maximum atomic E-state index is 12.0. The number of hydrogen-bond donors (Lipinski definition) is 2.